The highest BCUT2D eigenvalue weighted by Gasteiger charge is 2.20. The summed E-state index contributed by atoms with van der Waals surface area (Å²) in [5.74, 6) is -2.03. The van der Waals surface area contributed by atoms with E-state index in [4.69, 9.17) is 16.3 Å². The molecule has 0 rings (SSSR count). The van der Waals surface area contributed by atoms with Crippen molar-refractivity contribution >= 4 is 30.0 Å². The second-order valence-electron chi connectivity index (χ2n) is 7.76. The Morgan fingerprint density at radius 2 is 1.58 bits per heavy atom. The minimum Gasteiger partial charge on any atom is -0.481 e. The summed E-state index contributed by atoms with van der Waals surface area (Å²) >= 11 is 0. The molecule has 5 N–H and O–H groups in total. The SMILES string of the molecule is OF.[2H]C(=O)CCC(=O)NC(C)CCCCNC(=O)C(CCCCCC)NC(=O)CCC(=O)O. The Labute approximate surface area is 196 Å². The number of rotatable bonds is 19. The van der Waals surface area contributed by atoms with E-state index < -0.39 is 24.2 Å². The number of carboxylic acid groups (broad SMARTS) is 1. The number of carbonyl (C=O) groups is 5. The lowest BCUT2D eigenvalue weighted by Gasteiger charge is -2.19. The van der Waals surface area contributed by atoms with Gasteiger partial charge in [-0.05, 0) is 32.6 Å². The maximum absolute atomic E-state index is 12.5. The molecular weight excluding hydrogens is 437 g/mol. The van der Waals surface area contributed by atoms with Gasteiger partial charge in [-0.3, -0.25) is 19.2 Å². The zero-order valence-corrected chi connectivity index (χ0v) is 19.7. The van der Waals surface area contributed by atoms with Crippen LogP contribution in [0.5, 0.6) is 0 Å². The van der Waals surface area contributed by atoms with Gasteiger partial charge in [0, 0.05) is 31.8 Å². The first-order valence-corrected chi connectivity index (χ1v) is 11.4. The van der Waals surface area contributed by atoms with Crippen LogP contribution < -0.4 is 16.0 Å². The lowest BCUT2D eigenvalue weighted by molar-refractivity contribution is -0.139. The van der Waals surface area contributed by atoms with Gasteiger partial charge in [0.05, 0.1) is 6.42 Å². The van der Waals surface area contributed by atoms with Gasteiger partial charge in [0.2, 0.25) is 17.7 Å². The smallest absolute Gasteiger partial charge is 0.303 e. The van der Waals surface area contributed by atoms with Crippen molar-refractivity contribution in [2.75, 3.05) is 6.54 Å². The molecule has 0 spiro atoms. The largest absolute Gasteiger partial charge is 0.481 e. The molecule has 0 fully saturated rings. The third kappa shape index (κ3) is 21.1. The number of unbranched alkanes of at least 4 members (excludes halogenated alkanes) is 4. The number of hydrogen-bond donors (Lipinski definition) is 5. The first kappa shape index (κ1) is 30.4. The van der Waals surface area contributed by atoms with Crippen LogP contribution in [-0.4, -0.2) is 59.0 Å². The predicted octanol–water partition coefficient (Wildman–Crippen LogP) is 1.94. The summed E-state index contributed by atoms with van der Waals surface area (Å²) in [6, 6.07) is -0.745. The average Bonchev–Trinajstić information content (AvgIpc) is 2.79. The van der Waals surface area contributed by atoms with Crippen LogP contribution in [0.2, 0.25) is 0 Å². The van der Waals surface area contributed by atoms with Crippen LogP contribution in [0.25, 0.3) is 0 Å². The van der Waals surface area contributed by atoms with Crippen molar-refractivity contribution in [3.05, 3.63) is 0 Å². The molecule has 2 atom stereocenters. The van der Waals surface area contributed by atoms with Crippen molar-refractivity contribution in [1.29, 1.82) is 0 Å². The van der Waals surface area contributed by atoms with Crippen molar-refractivity contribution in [2.24, 2.45) is 0 Å². The first-order chi connectivity index (χ1) is 16.1. The number of aldehydes is 1. The van der Waals surface area contributed by atoms with Gasteiger partial charge in [0.15, 0.2) is 0 Å². The lowest BCUT2D eigenvalue weighted by atomic mass is 10.1. The Kier molecular flexibility index (Phi) is 20.9. The minimum atomic E-state index is -1.06. The number of carbonyl (C=O) groups excluding carboxylic acids is 4. The molecule has 0 heterocycles. The van der Waals surface area contributed by atoms with Crippen molar-refractivity contribution in [3.63, 3.8) is 0 Å². The molecule has 0 aromatic carbocycles. The normalized spacial score (nSPS) is 12.3. The van der Waals surface area contributed by atoms with Crippen LogP contribution in [0.1, 0.15) is 92.3 Å². The van der Waals surface area contributed by atoms with Crippen LogP contribution in [0, 0.1) is 0 Å². The standard InChI is InChI=1S/C22H39N3O6.FHO/c1-3-4-5-6-11-18(25-20(28)13-14-21(29)30)22(31)23-15-8-7-10-17(2)24-19(27)12-9-16-26;1-2/h16-18H,3-15H2,1-2H3,(H,23,31)(H,24,27)(H,25,28)(H,29,30);2H/i16D;. The van der Waals surface area contributed by atoms with E-state index in [-0.39, 0.29) is 43.5 Å². The number of nitrogens with one attached hydrogen (secondary N) is 3. The van der Waals surface area contributed by atoms with Gasteiger partial charge in [-0.25, -0.2) is 5.31 Å². The maximum atomic E-state index is 12.5. The van der Waals surface area contributed by atoms with E-state index in [1.807, 2.05) is 6.92 Å². The van der Waals surface area contributed by atoms with E-state index >= 15 is 0 Å². The topological polar surface area (TPSA) is 162 Å². The molecule has 3 amide bonds. The lowest BCUT2D eigenvalue weighted by Crippen LogP contribution is -2.47. The monoisotopic (exact) mass is 478 g/mol. The van der Waals surface area contributed by atoms with Crippen molar-refractivity contribution in [2.45, 2.75) is 103 Å². The molecule has 0 aromatic heterocycles. The highest BCUT2D eigenvalue weighted by atomic mass is 19.3. The van der Waals surface area contributed by atoms with Crippen molar-refractivity contribution in [3.8, 4) is 0 Å². The number of carboxylic acids is 1. The van der Waals surface area contributed by atoms with Crippen LogP contribution in [0.3, 0.4) is 0 Å². The molecule has 10 nitrogen and oxygen atoms in total. The zero-order chi connectivity index (χ0) is 26.4. The fraction of sp³-hybridized carbons (Fsp3) is 0.773. The molecule has 0 aliphatic rings. The van der Waals surface area contributed by atoms with Gasteiger partial charge in [0.25, 0.3) is 0 Å². The molecule has 0 saturated heterocycles. The molecule has 0 saturated carbocycles. The third-order valence-corrected chi connectivity index (χ3v) is 4.79. The second kappa shape index (κ2) is 22.6. The fourth-order valence-electron chi connectivity index (χ4n) is 3.03. The summed E-state index contributed by atoms with van der Waals surface area (Å²) in [5, 5.41) is 22.5. The molecule has 0 bridgehead atoms. The molecule has 0 radical (unpaired) electrons. The third-order valence-electron chi connectivity index (χ3n) is 4.79. The highest BCUT2D eigenvalue weighted by Crippen LogP contribution is 2.07. The Bertz CT molecular complexity index is 623. The summed E-state index contributed by atoms with van der Waals surface area (Å²) in [5.41, 5.74) is 0. The van der Waals surface area contributed by atoms with Crippen molar-refractivity contribution < 1.29 is 40.3 Å². The number of aliphatic carboxylic acids is 1. The van der Waals surface area contributed by atoms with Crippen molar-refractivity contribution in [1.82, 2.24) is 16.0 Å². The highest BCUT2D eigenvalue weighted by molar-refractivity contribution is 5.88. The van der Waals surface area contributed by atoms with Crippen LogP contribution in [0.15, 0.2) is 0 Å². The molecule has 11 heteroatoms. The van der Waals surface area contributed by atoms with Gasteiger partial charge in [-0.15, -0.1) is 0 Å². The van der Waals surface area contributed by atoms with Crippen LogP contribution in [0.4, 0.5) is 4.53 Å². The van der Waals surface area contributed by atoms with E-state index in [2.05, 4.69) is 22.9 Å². The van der Waals surface area contributed by atoms with E-state index in [1.54, 1.807) is 0 Å². The molecular formula is C22H40FN3O7. The second-order valence-corrected chi connectivity index (χ2v) is 7.76. The molecule has 0 aromatic rings. The van der Waals surface area contributed by atoms with Gasteiger partial charge < -0.3 is 25.9 Å². The molecule has 192 valence electrons. The first-order valence-electron chi connectivity index (χ1n) is 11.9. The Morgan fingerprint density at radius 1 is 0.939 bits per heavy atom. The number of amides is 3. The summed E-state index contributed by atoms with van der Waals surface area (Å²) < 4.78 is 15.3. The Morgan fingerprint density at radius 3 is 2.18 bits per heavy atom. The van der Waals surface area contributed by atoms with Gasteiger partial charge in [-0.1, -0.05) is 37.1 Å². The van der Waals surface area contributed by atoms with Gasteiger partial charge >= 0.3 is 5.97 Å². The summed E-state index contributed by atoms with van der Waals surface area (Å²) in [7, 11) is 0. The summed E-state index contributed by atoms with van der Waals surface area (Å²) in [6.45, 7) is 4.38. The average molecular weight is 479 g/mol. The van der Waals surface area contributed by atoms with Crippen LogP contribution >= 0.6 is 0 Å². The Balaban J connectivity index is 0. The van der Waals surface area contributed by atoms with E-state index in [0.29, 0.717) is 25.8 Å². The molecule has 0 aliphatic carbocycles. The minimum absolute atomic E-state index is 0.0144. The van der Waals surface area contributed by atoms with Gasteiger partial charge in [0.1, 0.15) is 13.7 Å². The molecule has 33 heavy (non-hydrogen) atoms. The van der Waals surface area contributed by atoms with E-state index in [1.165, 1.54) is 0 Å². The van der Waals surface area contributed by atoms with E-state index in [0.717, 1.165) is 32.1 Å². The van der Waals surface area contributed by atoms with E-state index in [9.17, 15) is 24.0 Å². The Hall–Kier alpha value is -2.56. The molecule has 0 aliphatic heterocycles. The zero-order valence-electron chi connectivity index (χ0n) is 20.7. The van der Waals surface area contributed by atoms with Gasteiger partial charge in [-0.2, -0.15) is 0 Å². The number of halogens is 1. The molecule has 2 unspecified atom stereocenters. The summed E-state index contributed by atoms with van der Waals surface area (Å²) in [6.07, 6.45) is 5.30. The quantitative estimate of drug-likeness (QED) is 0.140. The fourth-order valence-corrected chi connectivity index (χ4v) is 3.03. The van der Waals surface area contributed by atoms with Crippen LogP contribution in [-0.2, 0) is 24.0 Å². The predicted molar refractivity (Wildman–Crippen MR) is 121 cm³/mol. The maximum Gasteiger partial charge on any atom is 0.303 e. The number of hydrogen-bond acceptors (Lipinski definition) is 6. The summed E-state index contributed by atoms with van der Waals surface area (Å²) in [4.78, 5) is 57.3.